The molecule has 0 spiro atoms. The minimum Gasteiger partial charge on any atom is -0.325 e. The molecule has 0 aliphatic carbocycles. The highest BCUT2D eigenvalue weighted by atomic mass is 32.2. The maximum atomic E-state index is 13.4. The van der Waals surface area contributed by atoms with Crippen LogP contribution in [0.25, 0.3) is 11.4 Å². The van der Waals surface area contributed by atoms with E-state index in [1.165, 1.54) is 11.8 Å². The summed E-state index contributed by atoms with van der Waals surface area (Å²) in [4.78, 5) is 13.4. The van der Waals surface area contributed by atoms with E-state index in [0.717, 1.165) is 39.3 Å². The smallest absolute Gasteiger partial charge is 0.242 e. The van der Waals surface area contributed by atoms with Crippen LogP contribution in [0.5, 0.6) is 0 Å². The van der Waals surface area contributed by atoms with E-state index in [2.05, 4.69) is 34.6 Å². The van der Waals surface area contributed by atoms with Crippen LogP contribution in [0.2, 0.25) is 0 Å². The minimum atomic E-state index is -0.468. The predicted octanol–water partition coefficient (Wildman–Crippen LogP) is 5.88. The number of hydrogen-bond donors (Lipinski definition) is 1. The molecule has 0 radical (unpaired) electrons. The number of anilines is 1. The Kier molecular flexibility index (Phi) is 6.42. The van der Waals surface area contributed by atoms with Crippen LogP contribution in [-0.4, -0.2) is 20.7 Å². The van der Waals surface area contributed by atoms with Crippen LogP contribution in [0, 0.1) is 20.8 Å². The summed E-state index contributed by atoms with van der Waals surface area (Å²) in [6.45, 7) is 6.11. The fourth-order valence-corrected chi connectivity index (χ4v) is 4.74. The number of hydrogen-bond acceptors (Lipinski definition) is 4. The summed E-state index contributed by atoms with van der Waals surface area (Å²) < 4.78 is 1.95. The molecule has 0 unspecified atom stereocenters. The normalized spacial score (nSPS) is 11.9. The van der Waals surface area contributed by atoms with E-state index < -0.39 is 5.25 Å². The molecule has 6 heteroatoms. The van der Waals surface area contributed by atoms with Gasteiger partial charge >= 0.3 is 0 Å². The number of carbonyl (C=O) groups is 1. The van der Waals surface area contributed by atoms with Crippen LogP contribution in [0.3, 0.4) is 0 Å². The Morgan fingerprint density at radius 3 is 2.25 bits per heavy atom. The zero-order valence-corrected chi connectivity index (χ0v) is 19.5. The SMILES string of the molecule is Cc1cc(C)cc(NC(=O)[C@@H](Sc2nnc(-c3ccccc3C)n2C)c2ccccc2)c1. The zero-order valence-electron chi connectivity index (χ0n) is 18.7. The summed E-state index contributed by atoms with van der Waals surface area (Å²) in [5, 5.41) is 12.1. The molecule has 1 atom stereocenters. The average Bonchev–Trinajstić information content (AvgIpc) is 3.12. The molecule has 1 N–H and O–H groups in total. The Bertz CT molecular complexity index is 1230. The van der Waals surface area contributed by atoms with E-state index >= 15 is 0 Å². The third-order valence-corrected chi connectivity index (χ3v) is 6.56. The number of nitrogens with one attached hydrogen (secondary N) is 1. The number of rotatable bonds is 6. The number of carbonyl (C=O) groups excluding carboxylic acids is 1. The van der Waals surface area contributed by atoms with Gasteiger partial charge < -0.3 is 9.88 Å². The molecule has 32 heavy (non-hydrogen) atoms. The first-order chi connectivity index (χ1) is 15.4. The second-order valence-electron chi connectivity index (χ2n) is 7.95. The Labute approximate surface area is 192 Å². The Hall–Kier alpha value is -3.38. The molecule has 1 aromatic heterocycles. The number of benzene rings is 3. The van der Waals surface area contributed by atoms with Crippen molar-refractivity contribution in [3.05, 3.63) is 95.1 Å². The van der Waals surface area contributed by atoms with Crippen LogP contribution in [0.1, 0.15) is 27.5 Å². The van der Waals surface area contributed by atoms with Crippen LogP contribution in [0.15, 0.2) is 78.0 Å². The summed E-state index contributed by atoms with van der Waals surface area (Å²) in [5.74, 6) is 0.693. The third-order valence-electron chi connectivity index (χ3n) is 5.27. The van der Waals surface area contributed by atoms with Gasteiger partial charge in [0.15, 0.2) is 11.0 Å². The summed E-state index contributed by atoms with van der Waals surface area (Å²) in [6.07, 6.45) is 0. The van der Waals surface area contributed by atoms with Gasteiger partial charge in [0.05, 0.1) is 0 Å². The Morgan fingerprint density at radius 2 is 1.56 bits per heavy atom. The van der Waals surface area contributed by atoms with Crippen LogP contribution in [-0.2, 0) is 11.8 Å². The van der Waals surface area contributed by atoms with E-state index in [-0.39, 0.29) is 5.91 Å². The monoisotopic (exact) mass is 442 g/mol. The lowest BCUT2D eigenvalue weighted by molar-refractivity contribution is -0.115. The zero-order chi connectivity index (χ0) is 22.7. The van der Waals surface area contributed by atoms with Crippen molar-refractivity contribution in [2.75, 3.05) is 5.32 Å². The van der Waals surface area contributed by atoms with Crippen molar-refractivity contribution in [3.63, 3.8) is 0 Å². The van der Waals surface area contributed by atoms with E-state index in [0.29, 0.717) is 5.16 Å². The lowest BCUT2D eigenvalue weighted by atomic mass is 10.1. The molecular formula is C26H26N4OS. The quantitative estimate of drug-likeness (QED) is 0.379. The first-order valence-electron chi connectivity index (χ1n) is 10.5. The summed E-state index contributed by atoms with van der Waals surface area (Å²) in [5.41, 5.74) is 6.10. The van der Waals surface area contributed by atoms with Gasteiger partial charge in [0.2, 0.25) is 5.91 Å². The molecular weight excluding hydrogens is 416 g/mol. The fraction of sp³-hybridized carbons (Fsp3) is 0.192. The van der Waals surface area contributed by atoms with Gasteiger partial charge in [-0.2, -0.15) is 0 Å². The summed E-state index contributed by atoms with van der Waals surface area (Å²) >= 11 is 1.40. The standard InChI is InChI=1S/C26H26N4OS/c1-17-14-18(2)16-21(15-17)27-25(31)23(20-11-6-5-7-12-20)32-26-29-28-24(30(26)4)22-13-9-8-10-19(22)3/h5-16,23H,1-4H3,(H,27,31)/t23-/m0/s1. The highest BCUT2D eigenvalue weighted by molar-refractivity contribution is 8.00. The summed E-state index contributed by atoms with van der Waals surface area (Å²) in [6, 6.07) is 23.9. The number of aryl methyl sites for hydroxylation is 3. The molecule has 4 aromatic rings. The molecule has 0 aliphatic rings. The first kappa shape index (κ1) is 21.8. The minimum absolute atomic E-state index is 0.0911. The van der Waals surface area contributed by atoms with Crippen LogP contribution in [0.4, 0.5) is 5.69 Å². The van der Waals surface area contributed by atoms with Crippen LogP contribution >= 0.6 is 11.8 Å². The fourth-order valence-electron chi connectivity index (χ4n) is 3.74. The lowest BCUT2D eigenvalue weighted by Crippen LogP contribution is -2.19. The number of aromatic nitrogens is 3. The van der Waals surface area contributed by atoms with Crippen molar-refractivity contribution in [3.8, 4) is 11.4 Å². The maximum absolute atomic E-state index is 13.4. The molecule has 0 fully saturated rings. The molecule has 1 amide bonds. The van der Waals surface area contributed by atoms with Crippen molar-refractivity contribution in [2.45, 2.75) is 31.2 Å². The van der Waals surface area contributed by atoms with E-state index in [1.807, 2.05) is 86.1 Å². The van der Waals surface area contributed by atoms with Gasteiger partial charge in [-0.15, -0.1) is 10.2 Å². The molecule has 0 saturated heterocycles. The molecule has 4 rings (SSSR count). The molecule has 162 valence electrons. The van der Waals surface area contributed by atoms with Crippen molar-refractivity contribution in [1.82, 2.24) is 14.8 Å². The number of thioether (sulfide) groups is 1. The van der Waals surface area contributed by atoms with Gasteiger partial charge in [0.1, 0.15) is 5.25 Å². The predicted molar refractivity (Wildman–Crippen MR) is 131 cm³/mol. The molecule has 3 aromatic carbocycles. The third kappa shape index (κ3) is 4.75. The second kappa shape index (κ2) is 9.40. The largest absolute Gasteiger partial charge is 0.325 e. The maximum Gasteiger partial charge on any atom is 0.242 e. The van der Waals surface area contributed by atoms with E-state index in [9.17, 15) is 4.79 Å². The van der Waals surface area contributed by atoms with Crippen molar-refractivity contribution in [2.24, 2.45) is 7.05 Å². The van der Waals surface area contributed by atoms with Gasteiger partial charge in [0.25, 0.3) is 0 Å². The Morgan fingerprint density at radius 1 is 0.906 bits per heavy atom. The first-order valence-corrected chi connectivity index (χ1v) is 11.4. The molecule has 0 aliphatic heterocycles. The molecule has 5 nitrogen and oxygen atoms in total. The highest BCUT2D eigenvalue weighted by Crippen LogP contribution is 2.36. The second-order valence-corrected chi connectivity index (χ2v) is 9.03. The van der Waals surface area contributed by atoms with Gasteiger partial charge in [0, 0.05) is 18.3 Å². The van der Waals surface area contributed by atoms with Gasteiger partial charge in [-0.1, -0.05) is 72.4 Å². The van der Waals surface area contributed by atoms with Gasteiger partial charge in [-0.05, 0) is 55.2 Å². The Balaban J connectivity index is 1.65. The van der Waals surface area contributed by atoms with E-state index in [1.54, 1.807) is 0 Å². The van der Waals surface area contributed by atoms with Gasteiger partial charge in [-0.3, -0.25) is 4.79 Å². The lowest BCUT2D eigenvalue weighted by Gasteiger charge is -2.17. The molecule has 1 heterocycles. The topological polar surface area (TPSA) is 59.8 Å². The van der Waals surface area contributed by atoms with E-state index in [4.69, 9.17) is 0 Å². The highest BCUT2D eigenvalue weighted by Gasteiger charge is 2.25. The van der Waals surface area contributed by atoms with Crippen molar-refractivity contribution in [1.29, 1.82) is 0 Å². The molecule has 0 bridgehead atoms. The number of amides is 1. The summed E-state index contributed by atoms with van der Waals surface area (Å²) in [7, 11) is 1.94. The van der Waals surface area contributed by atoms with Crippen molar-refractivity contribution >= 4 is 23.4 Å². The van der Waals surface area contributed by atoms with Gasteiger partial charge in [-0.25, -0.2) is 0 Å². The van der Waals surface area contributed by atoms with Crippen molar-refractivity contribution < 1.29 is 4.79 Å². The molecule has 0 saturated carbocycles. The van der Waals surface area contributed by atoms with Crippen LogP contribution < -0.4 is 5.32 Å². The average molecular weight is 443 g/mol. The number of nitrogens with zero attached hydrogens (tertiary/aromatic N) is 3.